The lowest BCUT2D eigenvalue weighted by Crippen LogP contribution is -2.11. The van der Waals surface area contributed by atoms with Crippen LogP contribution < -0.4 is 0 Å². The number of rotatable bonds is 1. The number of carboxylic acids is 1. The van der Waals surface area contributed by atoms with Crippen molar-refractivity contribution < 1.29 is 9.90 Å². The SMILES string of the molecule is Cn1c(C(=O)O)c(Br)n2c3cccc(C(C)(C)C)c3nc12. The molecule has 21 heavy (non-hydrogen) atoms. The van der Waals surface area contributed by atoms with Gasteiger partial charge < -0.3 is 9.67 Å². The van der Waals surface area contributed by atoms with Crippen LogP contribution in [0, 0.1) is 0 Å². The predicted molar refractivity (Wildman–Crippen MR) is 85.0 cm³/mol. The molecule has 5 nitrogen and oxygen atoms in total. The maximum Gasteiger partial charge on any atom is 0.355 e. The van der Waals surface area contributed by atoms with E-state index in [-0.39, 0.29) is 11.1 Å². The number of halogens is 1. The number of hydrogen-bond donors (Lipinski definition) is 1. The number of aromatic carboxylic acids is 1. The summed E-state index contributed by atoms with van der Waals surface area (Å²) in [5, 5.41) is 9.33. The van der Waals surface area contributed by atoms with E-state index in [1.807, 2.05) is 16.5 Å². The summed E-state index contributed by atoms with van der Waals surface area (Å²) >= 11 is 3.40. The quantitative estimate of drug-likeness (QED) is 0.730. The van der Waals surface area contributed by atoms with Crippen molar-refractivity contribution in [2.24, 2.45) is 7.05 Å². The molecule has 0 fully saturated rings. The standard InChI is InChI=1S/C15H16BrN3O2/c1-15(2,3)8-6-5-7-9-10(8)17-14-18(4)11(13(20)21)12(16)19(9)14/h5-7H,1-4H3,(H,20,21). The summed E-state index contributed by atoms with van der Waals surface area (Å²) in [6.45, 7) is 6.43. The van der Waals surface area contributed by atoms with Crippen molar-refractivity contribution >= 4 is 38.7 Å². The van der Waals surface area contributed by atoms with Gasteiger partial charge in [0, 0.05) is 7.05 Å². The number of imidazole rings is 2. The molecule has 0 amide bonds. The first kappa shape index (κ1) is 14.1. The Bertz CT molecular complexity index is 884. The number of nitrogens with zero attached hydrogens (tertiary/aromatic N) is 3. The third-order valence-corrected chi connectivity index (χ3v) is 4.44. The van der Waals surface area contributed by atoms with E-state index in [9.17, 15) is 9.90 Å². The molecule has 0 saturated heterocycles. The van der Waals surface area contributed by atoms with E-state index in [0.717, 1.165) is 16.6 Å². The van der Waals surface area contributed by atoms with Crippen LogP contribution in [0.25, 0.3) is 16.8 Å². The molecule has 0 unspecified atom stereocenters. The summed E-state index contributed by atoms with van der Waals surface area (Å²) < 4.78 is 3.95. The lowest BCUT2D eigenvalue weighted by molar-refractivity contribution is 0.0685. The molecule has 110 valence electrons. The highest BCUT2D eigenvalue weighted by Gasteiger charge is 2.25. The van der Waals surface area contributed by atoms with Crippen LogP contribution in [0.15, 0.2) is 22.8 Å². The minimum Gasteiger partial charge on any atom is -0.476 e. The molecular formula is C15H16BrN3O2. The molecule has 0 aliphatic rings. The molecule has 0 radical (unpaired) electrons. The van der Waals surface area contributed by atoms with Crippen molar-refractivity contribution in [3.63, 3.8) is 0 Å². The number of hydrogen-bond acceptors (Lipinski definition) is 2. The van der Waals surface area contributed by atoms with Gasteiger partial charge in [-0.1, -0.05) is 32.9 Å². The van der Waals surface area contributed by atoms with Crippen molar-refractivity contribution in [2.45, 2.75) is 26.2 Å². The maximum absolute atomic E-state index is 11.4. The van der Waals surface area contributed by atoms with E-state index in [2.05, 4.69) is 47.8 Å². The van der Waals surface area contributed by atoms with Crippen molar-refractivity contribution in [3.05, 3.63) is 34.1 Å². The molecule has 0 spiro atoms. The lowest BCUT2D eigenvalue weighted by Gasteiger charge is -2.19. The zero-order valence-corrected chi connectivity index (χ0v) is 13.9. The Morgan fingerprint density at radius 2 is 2.00 bits per heavy atom. The van der Waals surface area contributed by atoms with Crippen LogP contribution >= 0.6 is 15.9 Å². The molecule has 1 N–H and O–H groups in total. The fourth-order valence-corrected chi connectivity index (χ4v) is 3.47. The lowest BCUT2D eigenvalue weighted by atomic mass is 9.86. The highest BCUT2D eigenvalue weighted by atomic mass is 79.9. The molecule has 0 bridgehead atoms. The Balaban J connectivity index is 2.49. The van der Waals surface area contributed by atoms with Gasteiger partial charge in [-0.05, 0) is 33.0 Å². The van der Waals surface area contributed by atoms with E-state index >= 15 is 0 Å². The third-order valence-electron chi connectivity index (χ3n) is 3.71. The number of fused-ring (bicyclic) bond motifs is 3. The second-order valence-corrected chi connectivity index (χ2v) is 6.93. The average Bonchev–Trinajstić information content (AvgIpc) is 2.85. The number of carbonyl (C=O) groups is 1. The monoisotopic (exact) mass is 349 g/mol. The maximum atomic E-state index is 11.4. The summed E-state index contributed by atoms with van der Waals surface area (Å²) in [5.41, 5.74) is 3.13. The third kappa shape index (κ3) is 1.89. The number of aryl methyl sites for hydroxylation is 1. The van der Waals surface area contributed by atoms with Gasteiger partial charge in [0.1, 0.15) is 4.60 Å². The summed E-state index contributed by atoms with van der Waals surface area (Å²) in [7, 11) is 1.71. The smallest absolute Gasteiger partial charge is 0.355 e. The Hall–Kier alpha value is -1.82. The second kappa shape index (κ2) is 4.34. The van der Waals surface area contributed by atoms with Crippen LogP contribution in [0.4, 0.5) is 0 Å². The van der Waals surface area contributed by atoms with Crippen LogP contribution in [-0.4, -0.2) is 25.0 Å². The predicted octanol–water partition coefficient (Wildman–Crippen LogP) is 3.58. The molecule has 6 heteroatoms. The van der Waals surface area contributed by atoms with Crippen molar-refractivity contribution in [1.82, 2.24) is 14.0 Å². The molecule has 3 aromatic rings. The highest BCUT2D eigenvalue weighted by molar-refractivity contribution is 9.10. The fraction of sp³-hybridized carbons (Fsp3) is 0.333. The van der Waals surface area contributed by atoms with E-state index in [0.29, 0.717) is 10.4 Å². The van der Waals surface area contributed by atoms with Gasteiger partial charge in [0.15, 0.2) is 5.69 Å². The molecule has 1 aromatic carbocycles. The zero-order valence-electron chi connectivity index (χ0n) is 12.3. The van der Waals surface area contributed by atoms with Gasteiger partial charge >= 0.3 is 5.97 Å². The number of benzene rings is 1. The molecule has 2 heterocycles. The van der Waals surface area contributed by atoms with Gasteiger partial charge in [0.05, 0.1) is 11.0 Å². The van der Waals surface area contributed by atoms with Crippen LogP contribution in [0.1, 0.15) is 36.8 Å². The molecule has 2 aromatic heterocycles. The van der Waals surface area contributed by atoms with Gasteiger partial charge in [-0.3, -0.25) is 4.40 Å². The Kier molecular flexibility index (Phi) is 2.92. The molecule has 0 aliphatic carbocycles. The Morgan fingerprint density at radius 3 is 2.57 bits per heavy atom. The van der Waals surface area contributed by atoms with E-state index in [4.69, 9.17) is 0 Å². The Morgan fingerprint density at radius 1 is 1.33 bits per heavy atom. The van der Waals surface area contributed by atoms with Gasteiger partial charge in [-0.2, -0.15) is 0 Å². The number of aromatic nitrogens is 3. The van der Waals surface area contributed by atoms with E-state index in [1.165, 1.54) is 0 Å². The minimum absolute atomic E-state index is 0.0282. The second-order valence-electron chi connectivity index (χ2n) is 6.17. The van der Waals surface area contributed by atoms with Gasteiger partial charge in [-0.25, -0.2) is 9.78 Å². The molecule has 3 rings (SSSR count). The van der Waals surface area contributed by atoms with Crippen molar-refractivity contribution in [3.8, 4) is 0 Å². The summed E-state index contributed by atoms with van der Waals surface area (Å²) in [6.07, 6.45) is 0. The van der Waals surface area contributed by atoms with Crippen molar-refractivity contribution in [1.29, 1.82) is 0 Å². The zero-order chi connectivity index (χ0) is 15.5. The van der Waals surface area contributed by atoms with E-state index < -0.39 is 5.97 Å². The normalized spacial score (nSPS) is 12.4. The molecule has 0 saturated carbocycles. The number of carboxylic acid groups (broad SMARTS) is 1. The van der Waals surface area contributed by atoms with E-state index in [1.54, 1.807) is 11.6 Å². The Labute approximate surface area is 130 Å². The summed E-state index contributed by atoms with van der Waals surface area (Å²) in [4.78, 5) is 16.1. The highest BCUT2D eigenvalue weighted by Crippen LogP contribution is 2.33. The van der Waals surface area contributed by atoms with Crippen LogP contribution in [0.3, 0.4) is 0 Å². The van der Waals surface area contributed by atoms with Crippen LogP contribution in [0.5, 0.6) is 0 Å². The first-order valence-electron chi connectivity index (χ1n) is 6.62. The minimum atomic E-state index is -0.977. The van der Waals surface area contributed by atoms with Gasteiger partial charge in [0.25, 0.3) is 0 Å². The topological polar surface area (TPSA) is 59.5 Å². The van der Waals surface area contributed by atoms with Crippen LogP contribution in [0.2, 0.25) is 0 Å². The molecular weight excluding hydrogens is 334 g/mol. The first-order chi connectivity index (χ1) is 9.73. The molecule has 0 atom stereocenters. The first-order valence-corrected chi connectivity index (χ1v) is 7.42. The summed E-state index contributed by atoms with van der Waals surface area (Å²) in [5.74, 6) is -0.360. The van der Waals surface area contributed by atoms with Gasteiger partial charge in [-0.15, -0.1) is 0 Å². The van der Waals surface area contributed by atoms with Crippen LogP contribution in [-0.2, 0) is 12.5 Å². The number of para-hydroxylation sites is 1. The fourth-order valence-electron chi connectivity index (χ4n) is 2.69. The van der Waals surface area contributed by atoms with Crippen molar-refractivity contribution in [2.75, 3.05) is 0 Å². The molecule has 0 aliphatic heterocycles. The average molecular weight is 350 g/mol. The summed E-state index contributed by atoms with van der Waals surface area (Å²) in [6, 6.07) is 6.01. The largest absolute Gasteiger partial charge is 0.476 e. The van der Waals surface area contributed by atoms with Gasteiger partial charge in [0.2, 0.25) is 5.78 Å².